The number of nitrogens with zero attached hydrogens (tertiary/aromatic N) is 3. The van der Waals surface area contributed by atoms with Crippen LogP contribution < -0.4 is 16.0 Å². The lowest BCUT2D eigenvalue weighted by molar-refractivity contribution is -0.132. The molecule has 2 aromatic heterocycles. The molecule has 3 amide bonds. The van der Waals surface area contributed by atoms with Gasteiger partial charge in [-0.25, -0.2) is 23.1 Å². The summed E-state index contributed by atoms with van der Waals surface area (Å²) in [4.78, 5) is 55.7. The Hall–Kier alpha value is -5.98. The van der Waals surface area contributed by atoms with Crippen molar-refractivity contribution < 1.29 is 33.1 Å². The molecule has 4 N–H and O–H groups in total. The number of allylic oxidation sites excluding steroid dienone is 5. The highest BCUT2D eigenvalue weighted by atomic mass is 19.2. The van der Waals surface area contributed by atoms with Gasteiger partial charge in [0.2, 0.25) is 0 Å². The van der Waals surface area contributed by atoms with E-state index in [1.807, 2.05) is 27.7 Å². The quantitative estimate of drug-likeness (QED) is 0.0857. The van der Waals surface area contributed by atoms with Gasteiger partial charge in [-0.3, -0.25) is 14.4 Å². The van der Waals surface area contributed by atoms with Crippen molar-refractivity contribution in [3.63, 3.8) is 0 Å². The fourth-order valence-corrected chi connectivity index (χ4v) is 4.93. The highest BCUT2D eigenvalue weighted by Crippen LogP contribution is 2.34. The van der Waals surface area contributed by atoms with Crippen molar-refractivity contribution in [2.45, 2.75) is 73.9 Å². The topological polar surface area (TPSA) is 155 Å². The van der Waals surface area contributed by atoms with E-state index in [2.05, 4.69) is 45.8 Å². The first-order valence-corrected chi connectivity index (χ1v) is 17.2. The molecule has 1 unspecified atom stereocenters. The fourth-order valence-electron chi connectivity index (χ4n) is 4.93. The van der Waals surface area contributed by atoms with Crippen LogP contribution in [0.3, 0.4) is 0 Å². The number of carboxylic acid groups (broad SMARTS) is 1. The Morgan fingerprint density at radius 1 is 0.962 bits per heavy atom. The molecule has 0 fully saturated rings. The molecule has 0 aliphatic heterocycles. The highest BCUT2D eigenvalue weighted by molar-refractivity contribution is 6.03. The summed E-state index contributed by atoms with van der Waals surface area (Å²) in [6.07, 6.45) is 10.5. The van der Waals surface area contributed by atoms with Gasteiger partial charge in [0.1, 0.15) is 17.0 Å². The number of carboxylic acids is 1. The molecule has 4 rings (SSSR count). The van der Waals surface area contributed by atoms with Crippen molar-refractivity contribution in [1.82, 2.24) is 30.5 Å². The third-order valence-electron chi connectivity index (χ3n) is 7.67. The van der Waals surface area contributed by atoms with E-state index in [4.69, 9.17) is 0 Å². The summed E-state index contributed by atoms with van der Waals surface area (Å²) < 4.78 is 28.2. The van der Waals surface area contributed by atoms with Crippen molar-refractivity contribution in [1.29, 1.82) is 0 Å². The van der Waals surface area contributed by atoms with Gasteiger partial charge in [0, 0.05) is 24.7 Å². The minimum atomic E-state index is -1.07. The minimum Gasteiger partial charge on any atom is -0.478 e. The molecule has 0 bridgehead atoms. The van der Waals surface area contributed by atoms with Gasteiger partial charge in [-0.2, -0.15) is 5.10 Å². The number of hydrogen-bond acceptors (Lipinski definition) is 6. The average Bonchev–Trinajstić information content (AvgIpc) is 3.79. The fraction of sp³-hybridized carbons (Fsp3) is 0.300. The Morgan fingerprint density at radius 2 is 1.62 bits per heavy atom. The molecule has 0 radical (unpaired) electrons. The molecular formula is C40H50F2N6O5. The van der Waals surface area contributed by atoms with Crippen molar-refractivity contribution in [2.24, 2.45) is 0 Å². The van der Waals surface area contributed by atoms with Gasteiger partial charge in [-0.15, -0.1) is 0 Å². The van der Waals surface area contributed by atoms with E-state index >= 15 is 0 Å². The second kappa shape index (κ2) is 22.8. The van der Waals surface area contributed by atoms with Gasteiger partial charge in [0.15, 0.2) is 17.3 Å². The maximum Gasteiger partial charge on any atom is 0.331 e. The summed E-state index contributed by atoms with van der Waals surface area (Å²) in [6.45, 7) is 23.6. The van der Waals surface area contributed by atoms with E-state index in [1.165, 1.54) is 25.3 Å². The molecule has 13 heteroatoms. The Labute approximate surface area is 310 Å². The van der Waals surface area contributed by atoms with Crippen LogP contribution in [0, 0.1) is 11.6 Å². The summed E-state index contributed by atoms with van der Waals surface area (Å²) in [5, 5.41) is 21.8. The summed E-state index contributed by atoms with van der Waals surface area (Å²) in [5.74, 6) is -5.05. The number of aliphatic carboxylic acids is 1. The third-order valence-corrected chi connectivity index (χ3v) is 7.67. The van der Waals surface area contributed by atoms with Crippen molar-refractivity contribution in [3.05, 3.63) is 137 Å². The molecule has 1 atom stereocenters. The Balaban J connectivity index is 0.00000162. The van der Waals surface area contributed by atoms with E-state index in [9.17, 15) is 33.1 Å². The first-order valence-electron chi connectivity index (χ1n) is 17.2. The van der Waals surface area contributed by atoms with Gasteiger partial charge in [0.25, 0.3) is 17.7 Å². The third kappa shape index (κ3) is 12.1. The van der Waals surface area contributed by atoms with E-state index < -0.39 is 41.4 Å². The zero-order valence-corrected chi connectivity index (χ0v) is 31.5. The summed E-state index contributed by atoms with van der Waals surface area (Å²) in [7, 11) is 0. The van der Waals surface area contributed by atoms with Crippen molar-refractivity contribution >= 4 is 29.3 Å². The Bertz CT molecular complexity index is 1900. The van der Waals surface area contributed by atoms with Gasteiger partial charge in [-0.1, -0.05) is 83.9 Å². The molecule has 3 aromatic rings. The number of benzene rings is 1. The predicted molar refractivity (Wildman–Crippen MR) is 204 cm³/mol. The van der Waals surface area contributed by atoms with Crippen LogP contribution in [0.25, 0.3) is 5.65 Å². The predicted octanol–water partition coefficient (Wildman–Crippen LogP) is 7.45. The lowest BCUT2D eigenvalue weighted by Gasteiger charge is -2.16. The molecule has 2 heterocycles. The molecule has 0 saturated heterocycles. The largest absolute Gasteiger partial charge is 0.478 e. The van der Waals surface area contributed by atoms with Crippen LogP contribution in [0.2, 0.25) is 0 Å². The standard InChI is InChI=1S/C32H32F2N6O5.C4H6.2C2H6/c1-5-7-12-35-29(41)22-16-37-40-27(31(43)39-25-11-9-21(20(25)6-2)17(3)18(4)32(44)45)14-26(38-28(22)40)30(42)36-15-19-8-10-23(33)24(34)13-19;1-3-4-2;2*1-2/h5-8,10,13-14,16,25H,2,9,11-12,15H2,1,3-4H3,(H,35,41)(H,36,42)(H,39,43)(H,44,45);3-4H,1-2H2;2*1-2H3/b7-5+,18-17+;;;. The second-order valence-corrected chi connectivity index (χ2v) is 10.8. The summed E-state index contributed by atoms with van der Waals surface area (Å²) in [5.41, 5.74) is 2.14. The van der Waals surface area contributed by atoms with Gasteiger partial charge < -0.3 is 21.1 Å². The van der Waals surface area contributed by atoms with Crippen molar-refractivity contribution in [3.8, 4) is 0 Å². The van der Waals surface area contributed by atoms with Crippen LogP contribution >= 0.6 is 0 Å². The monoisotopic (exact) mass is 732 g/mol. The lowest BCUT2D eigenvalue weighted by atomic mass is 9.98. The Kier molecular flexibility index (Phi) is 19.3. The van der Waals surface area contributed by atoms with Crippen LogP contribution in [-0.2, 0) is 11.3 Å². The maximum absolute atomic E-state index is 13.7. The Morgan fingerprint density at radius 3 is 2.19 bits per heavy atom. The number of amides is 3. The van der Waals surface area contributed by atoms with E-state index in [1.54, 1.807) is 44.2 Å². The summed E-state index contributed by atoms with van der Waals surface area (Å²) >= 11 is 0. The van der Waals surface area contributed by atoms with E-state index in [-0.39, 0.29) is 46.8 Å². The number of halogens is 2. The van der Waals surface area contributed by atoms with E-state index in [0.717, 1.165) is 22.2 Å². The van der Waals surface area contributed by atoms with Gasteiger partial charge in [0.05, 0.1) is 12.2 Å². The number of rotatable bonds is 12. The van der Waals surface area contributed by atoms with Crippen LogP contribution in [0.4, 0.5) is 8.78 Å². The van der Waals surface area contributed by atoms with Crippen LogP contribution in [0.5, 0.6) is 0 Å². The van der Waals surface area contributed by atoms with Gasteiger partial charge in [-0.05, 0) is 68.0 Å². The molecule has 0 spiro atoms. The normalized spacial score (nSPS) is 13.6. The smallest absolute Gasteiger partial charge is 0.331 e. The lowest BCUT2D eigenvalue weighted by Crippen LogP contribution is -2.36. The molecule has 0 saturated carbocycles. The number of fused-ring (bicyclic) bond motifs is 1. The first-order chi connectivity index (χ1) is 25.4. The molecular weight excluding hydrogens is 682 g/mol. The van der Waals surface area contributed by atoms with Gasteiger partial charge >= 0.3 is 5.97 Å². The molecule has 53 heavy (non-hydrogen) atoms. The number of nitrogens with one attached hydrogen (secondary N) is 3. The molecule has 1 aliphatic rings. The molecule has 284 valence electrons. The van der Waals surface area contributed by atoms with Crippen LogP contribution in [0.15, 0.2) is 103 Å². The molecule has 11 nitrogen and oxygen atoms in total. The van der Waals surface area contributed by atoms with Crippen LogP contribution in [0.1, 0.15) is 98.2 Å². The number of aromatic nitrogens is 3. The summed E-state index contributed by atoms with van der Waals surface area (Å²) in [6, 6.07) is 3.90. The average molecular weight is 733 g/mol. The second-order valence-electron chi connectivity index (χ2n) is 10.8. The highest BCUT2D eigenvalue weighted by Gasteiger charge is 2.29. The molecule has 1 aliphatic carbocycles. The number of carbonyl (C=O) groups excluding carboxylic acids is 3. The SMILES string of the molecule is C=CC1=C(/C(C)=C(\C)C(=O)O)CCC1NC(=O)c1cc(C(=O)NCc2ccc(F)c(F)c2)nc2c(C(=O)NC/C=C/C)cnn12.C=CC=C.CC.CC. The number of hydrogen-bond donors (Lipinski definition) is 4. The maximum atomic E-state index is 13.7. The van der Waals surface area contributed by atoms with E-state index in [0.29, 0.717) is 24.0 Å². The minimum absolute atomic E-state index is 0.0172. The zero-order valence-electron chi connectivity index (χ0n) is 31.5. The number of carbonyl (C=O) groups is 4. The first kappa shape index (κ1) is 45.0. The van der Waals surface area contributed by atoms with Crippen LogP contribution in [-0.4, -0.2) is 56.0 Å². The molecule has 1 aromatic carbocycles. The van der Waals surface area contributed by atoms with Crippen molar-refractivity contribution in [2.75, 3.05) is 6.54 Å². The zero-order chi connectivity index (χ0) is 40.2.